The third-order valence-electron chi connectivity index (χ3n) is 12.5. The molecule has 8 rings (SSSR count). The van der Waals surface area contributed by atoms with Crippen LogP contribution in [0, 0.1) is 25.5 Å². The van der Waals surface area contributed by atoms with Crippen molar-refractivity contribution in [3.8, 4) is 0 Å². The molecule has 2 aromatic carbocycles. The molecule has 0 saturated carbocycles. The van der Waals surface area contributed by atoms with Crippen molar-refractivity contribution in [1.82, 2.24) is 39.1 Å². The Hall–Kier alpha value is -4.01. The first kappa shape index (κ1) is 37.3. The van der Waals surface area contributed by atoms with Gasteiger partial charge in [0.2, 0.25) is 0 Å². The normalized spacial score (nSPS) is 25.0. The number of hydrogen-bond acceptors (Lipinski definition) is 7. The fourth-order valence-electron chi connectivity index (χ4n) is 9.20. The van der Waals surface area contributed by atoms with Crippen molar-refractivity contribution in [2.75, 3.05) is 59.0 Å². The lowest BCUT2D eigenvalue weighted by atomic mass is 9.93. The number of ether oxygens (including phenoxy) is 1. The number of benzene rings is 2. The molecule has 4 saturated heterocycles. The first-order valence-electron chi connectivity index (χ1n) is 19.2. The van der Waals surface area contributed by atoms with Gasteiger partial charge in [-0.15, -0.1) is 0 Å². The third-order valence-corrected chi connectivity index (χ3v) is 12.5. The minimum atomic E-state index is -0.305. The van der Waals surface area contributed by atoms with Crippen LogP contribution in [0.15, 0.2) is 33.9 Å². The van der Waals surface area contributed by atoms with Crippen molar-refractivity contribution in [1.29, 1.82) is 0 Å². The van der Waals surface area contributed by atoms with Crippen LogP contribution in [0.4, 0.5) is 13.6 Å². The van der Waals surface area contributed by atoms with E-state index >= 15 is 0 Å². The number of fused-ring (bicyclic) bond motifs is 2. The number of aryl methyl sites for hydroxylation is 2. The Morgan fingerprint density at radius 2 is 1.26 bits per heavy atom. The minimum Gasteiger partial charge on any atom is -0.450 e. The van der Waals surface area contributed by atoms with Gasteiger partial charge in [0.1, 0.15) is 11.6 Å². The lowest BCUT2D eigenvalue weighted by Crippen LogP contribution is -2.52. The van der Waals surface area contributed by atoms with Crippen LogP contribution in [0.1, 0.15) is 82.5 Å². The summed E-state index contributed by atoms with van der Waals surface area (Å²) in [5.41, 5.74) is 3.74. The highest BCUT2D eigenvalue weighted by molar-refractivity contribution is 5.77. The number of halogens is 2. The predicted molar refractivity (Wildman–Crippen MR) is 202 cm³/mol. The van der Waals surface area contributed by atoms with Crippen LogP contribution in [0.5, 0.6) is 0 Å². The second kappa shape index (κ2) is 14.7. The zero-order valence-corrected chi connectivity index (χ0v) is 31.7. The lowest BCUT2D eigenvalue weighted by molar-refractivity contribution is 0.0640. The van der Waals surface area contributed by atoms with Crippen LogP contribution in [-0.2, 0) is 4.74 Å². The maximum Gasteiger partial charge on any atom is 0.409 e. The zero-order valence-electron chi connectivity index (χ0n) is 31.7. The Morgan fingerprint density at radius 1 is 0.774 bits per heavy atom. The second-order valence-electron chi connectivity index (χ2n) is 16.1. The topological polar surface area (TPSA) is 124 Å². The van der Waals surface area contributed by atoms with Crippen molar-refractivity contribution in [2.45, 2.75) is 96.3 Å². The summed E-state index contributed by atoms with van der Waals surface area (Å²) in [6.07, 6.45) is 5.47. The predicted octanol–water partition coefficient (Wildman–Crippen LogP) is 5.20. The molecule has 4 aliphatic rings. The van der Waals surface area contributed by atoms with Gasteiger partial charge in [0.15, 0.2) is 0 Å². The van der Waals surface area contributed by atoms with Crippen molar-refractivity contribution < 1.29 is 18.3 Å². The third kappa shape index (κ3) is 7.17. The Labute approximate surface area is 308 Å². The number of piperidine rings is 2. The molecule has 12 nitrogen and oxygen atoms in total. The molecule has 0 bridgehead atoms. The van der Waals surface area contributed by atoms with E-state index in [9.17, 15) is 23.2 Å². The number of H-pyrrole nitrogens is 2. The number of imidazole rings is 2. The molecule has 0 spiro atoms. The summed E-state index contributed by atoms with van der Waals surface area (Å²) in [4.78, 5) is 49.4. The maximum absolute atomic E-state index is 13.9. The number of aromatic nitrogens is 4. The number of nitrogens with one attached hydrogen (secondary N) is 3. The van der Waals surface area contributed by atoms with E-state index < -0.39 is 0 Å². The number of hydrogen-bond donors (Lipinski definition) is 3. The minimum absolute atomic E-state index is 0.0668. The molecule has 288 valence electrons. The summed E-state index contributed by atoms with van der Waals surface area (Å²) in [5, 5.41) is 3.46. The van der Waals surface area contributed by atoms with Crippen molar-refractivity contribution in [3.63, 3.8) is 0 Å². The van der Waals surface area contributed by atoms with E-state index in [0.717, 1.165) is 82.4 Å². The Kier molecular flexibility index (Phi) is 10.3. The van der Waals surface area contributed by atoms with E-state index in [1.54, 1.807) is 35.4 Å². The fraction of sp³-hybridized carbons (Fsp3) is 0.615. The molecule has 2 aromatic heterocycles. The largest absolute Gasteiger partial charge is 0.450 e. The van der Waals surface area contributed by atoms with Gasteiger partial charge in [-0.3, -0.25) is 18.9 Å². The van der Waals surface area contributed by atoms with Gasteiger partial charge in [-0.1, -0.05) is 0 Å². The molecule has 4 fully saturated rings. The summed E-state index contributed by atoms with van der Waals surface area (Å²) < 4.78 is 36.4. The smallest absolute Gasteiger partial charge is 0.409 e. The first-order valence-corrected chi connectivity index (χ1v) is 19.2. The van der Waals surface area contributed by atoms with Crippen molar-refractivity contribution in [3.05, 3.63) is 68.0 Å². The van der Waals surface area contributed by atoms with Crippen LogP contribution >= 0.6 is 0 Å². The molecule has 0 aliphatic carbocycles. The zero-order chi connectivity index (χ0) is 37.7. The summed E-state index contributed by atoms with van der Waals surface area (Å²) in [5.74, 6) is -0.576. The standard InChI is InChI=1S/C21H29FN4O3.C18H25FN4O/c1-4-29-20(28)24-10-7-21(3,13-24)25-8-5-15(6-9-25)26-18-11-14(2)16(22)12-17(18)23-19(26)27;1-12-9-16-15(10-14(12)19)21-17(24)23(16)13-3-7-22(8-4-13)18(2)5-6-20-11-18/h11-12,15H,4-10,13H2,1-3H3,(H,23,27);9-10,13,20H,3-8,11H2,1-2H3,(H,21,24). The Bertz CT molecular complexity index is 2080. The quantitative estimate of drug-likeness (QED) is 0.258. The van der Waals surface area contributed by atoms with Crippen LogP contribution in [0.3, 0.4) is 0 Å². The Morgan fingerprint density at radius 3 is 1.72 bits per heavy atom. The SMILES string of the molecule is CCOC(=O)N1CCC(C)(N2CCC(n3c(=O)[nH]c4cc(F)c(C)cc43)CC2)C1.Cc1cc2c(cc1F)[nH]c(=O)n2C1CCN(C2(C)CCNC2)CC1. The molecule has 4 aliphatic heterocycles. The highest BCUT2D eigenvalue weighted by Gasteiger charge is 2.43. The van der Waals surface area contributed by atoms with Gasteiger partial charge < -0.3 is 24.9 Å². The molecule has 2 unspecified atom stereocenters. The number of aromatic amines is 2. The first-order chi connectivity index (χ1) is 25.3. The number of carbonyl (C=O) groups is 1. The lowest BCUT2D eigenvalue weighted by Gasteiger charge is -2.43. The second-order valence-corrected chi connectivity index (χ2v) is 16.1. The van der Waals surface area contributed by atoms with Gasteiger partial charge in [0, 0.05) is 69.0 Å². The fourth-order valence-corrected chi connectivity index (χ4v) is 9.20. The molecule has 4 aromatic rings. The highest BCUT2D eigenvalue weighted by atomic mass is 19.1. The van der Waals surface area contributed by atoms with Crippen molar-refractivity contribution in [2.24, 2.45) is 0 Å². The van der Waals surface area contributed by atoms with E-state index in [2.05, 4.69) is 38.9 Å². The maximum atomic E-state index is 13.9. The molecule has 3 N–H and O–H groups in total. The number of likely N-dealkylation sites (tertiary alicyclic amines) is 3. The molecular weight excluding hydrogens is 682 g/mol. The number of amides is 1. The molecule has 2 atom stereocenters. The summed E-state index contributed by atoms with van der Waals surface area (Å²) >= 11 is 0. The van der Waals surface area contributed by atoms with Gasteiger partial charge >= 0.3 is 17.5 Å². The van der Waals surface area contributed by atoms with Gasteiger partial charge in [0.05, 0.1) is 28.7 Å². The molecule has 0 radical (unpaired) electrons. The van der Waals surface area contributed by atoms with Gasteiger partial charge in [-0.05, 0) is 115 Å². The number of carbonyl (C=O) groups excluding carboxylic acids is 1. The summed E-state index contributed by atoms with van der Waals surface area (Å²) in [6, 6.07) is 6.65. The molecular formula is C39H54F2N8O4. The van der Waals surface area contributed by atoms with Gasteiger partial charge in [-0.2, -0.15) is 0 Å². The van der Waals surface area contributed by atoms with Crippen LogP contribution < -0.4 is 16.7 Å². The van der Waals surface area contributed by atoms with E-state index in [1.165, 1.54) is 18.6 Å². The highest BCUT2D eigenvalue weighted by Crippen LogP contribution is 2.35. The van der Waals surface area contributed by atoms with Gasteiger partial charge in [0.25, 0.3) is 0 Å². The van der Waals surface area contributed by atoms with Crippen molar-refractivity contribution >= 4 is 28.2 Å². The number of nitrogens with zero attached hydrogens (tertiary/aromatic N) is 5. The molecule has 1 amide bonds. The molecule has 14 heteroatoms. The Balaban J connectivity index is 0.000000167. The average Bonchev–Trinajstić information content (AvgIpc) is 3.91. The van der Waals surface area contributed by atoms with Gasteiger partial charge in [-0.25, -0.2) is 23.2 Å². The van der Waals surface area contributed by atoms with E-state index in [-0.39, 0.29) is 52.3 Å². The van der Waals surface area contributed by atoms with E-state index in [1.807, 2.05) is 11.5 Å². The van der Waals surface area contributed by atoms with Crippen LogP contribution in [0.25, 0.3) is 22.1 Å². The van der Waals surface area contributed by atoms with E-state index in [0.29, 0.717) is 41.9 Å². The number of rotatable bonds is 5. The van der Waals surface area contributed by atoms with Crippen LogP contribution in [0.2, 0.25) is 0 Å². The molecule has 6 heterocycles. The monoisotopic (exact) mass is 736 g/mol. The van der Waals surface area contributed by atoms with E-state index in [4.69, 9.17) is 4.74 Å². The average molecular weight is 737 g/mol. The molecule has 53 heavy (non-hydrogen) atoms. The van der Waals surface area contributed by atoms with Crippen LogP contribution in [-0.4, -0.2) is 110 Å². The summed E-state index contributed by atoms with van der Waals surface area (Å²) in [7, 11) is 0. The summed E-state index contributed by atoms with van der Waals surface area (Å²) in [6.45, 7) is 17.4.